The number of thiophene rings is 1. The van der Waals surface area contributed by atoms with E-state index in [1.807, 2.05) is 11.3 Å². The van der Waals surface area contributed by atoms with E-state index in [1.54, 1.807) is 0 Å². The third-order valence-electron chi connectivity index (χ3n) is 2.63. The smallest absolute Gasteiger partial charge is 0.0701 e. The summed E-state index contributed by atoms with van der Waals surface area (Å²) in [5, 5.41) is 3.41. The molecule has 2 heterocycles. The summed E-state index contributed by atoms with van der Waals surface area (Å²) in [7, 11) is 0. The van der Waals surface area contributed by atoms with Crippen LogP contribution in [0.25, 0.3) is 0 Å². The summed E-state index contributed by atoms with van der Waals surface area (Å²) >= 11 is 5.34. The summed E-state index contributed by atoms with van der Waals surface area (Å²) in [6, 6.07) is 5.00. The van der Waals surface area contributed by atoms with Crippen molar-refractivity contribution in [2.45, 2.75) is 19.5 Å². The van der Waals surface area contributed by atoms with Crippen molar-refractivity contribution in [1.82, 2.24) is 10.2 Å². The first-order chi connectivity index (χ1) is 6.75. The normalized spacial score (nSPS) is 22.4. The molecule has 0 aromatic carbocycles. The second-order valence-corrected chi connectivity index (χ2v) is 6.28. The Kier molecular flexibility index (Phi) is 5.57. The molecule has 1 fully saturated rings. The summed E-state index contributed by atoms with van der Waals surface area (Å²) in [6.07, 6.45) is 0. The fourth-order valence-electron chi connectivity index (χ4n) is 1.75. The maximum absolute atomic E-state index is 3.50. The van der Waals surface area contributed by atoms with Crippen molar-refractivity contribution >= 4 is 39.7 Å². The van der Waals surface area contributed by atoms with Crippen LogP contribution < -0.4 is 5.32 Å². The van der Waals surface area contributed by atoms with Crippen LogP contribution in [0.3, 0.4) is 0 Å². The molecule has 1 N–H and O–H groups in total. The van der Waals surface area contributed by atoms with Crippen molar-refractivity contribution in [3.63, 3.8) is 0 Å². The molecule has 1 aromatic heterocycles. The summed E-state index contributed by atoms with van der Waals surface area (Å²) in [5.41, 5.74) is 0. The molecule has 0 bridgehead atoms. The van der Waals surface area contributed by atoms with Gasteiger partial charge in [-0.3, -0.25) is 4.90 Å². The number of hydrogen-bond acceptors (Lipinski definition) is 3. The molecule has 15 heavy (non-hydrogen) atoms. The predicted octanol–water partition coefficient (Wildman–Crippen LogP) is 2.73. The van der Waals surface area contributed by atoms with E-state index in [4.69, 9.17) is 0 Å². The van der Waals surface area contributed by atoms with Crippen LogP contribution in [-0.2, 0) is 6.54 Å². The van der Waals surface area contributed by atoms with E-state index in [1.165, 1.54) is 8.66 Å². The average molecular weight is 312 g/mol. The van der Waals surface area contributed by atoms with Crippen molar-refractivity contribution in [3.05, 3.63) is 20.8 Å². The number of piperazine rings is 1. The second kappa shape index (κ2) is 6.21. The van der Waals surface area contributed by atoms with Gasteiger partial charge >= 0.3 is 0 Å². The van der Waals surface area contributed by atoms with E-state index in [-0.39, 0.29) is 12.4 Å². The molecular formula is C10H16BrClN2S. The van der Waals surface area contributed by atoms with Crippen molar-refractivity contribution in [2.75, 3.05) is 19.6 Å². The van der Waals surface area contributed by atoms with Crippen LogP contribution in [0.1, 0.15) is 11.8 Å². The van der Waals surface area contributed by atoms with Gasteiger partial charge in [-0.15, -0.1) is 23.7 Å². The first kappa shape index (κ1) is 13.5. The largest absolute Gasteiger partial charge is 0.314 e. The van der Waals surface area contributed by atoms with Crippen molar-refractivity contribution < 1.29 is 0 Å². The van der Waals surface area contributed by atoms with E-state index in [0.29, 0.717) is 6.04 Å². The Labute approximate surface area is 110 Å². The van der Waals surface area contributed by atoms with Gasteiger partial charge in [0.1, 0.15) is 0 Å². The zero-order chi connectivity index (χ0) is 9.97. The minimum atomic E-state index is 0. The molecule has 0 spiro atoms. The molecule has 1 atom stereocenters. The van der Waals surface area contributed by atoms with Crippen LogP contribution in [0.5, 0.6) is 0 Å². The highest BCUT2D eigenvalue weighted by Crippen LogP contribution is 2.23. The highest BCUT2D eigenvalue weighted by molar-refractivity contribution is 9.11. The van der Waals surface area contributed by atoms with Gasteiger partial charge in [0.2, 0.25) is 0 Å². The summed E-state index contributed by atoms with van der Waals surface area (Å²) in [5.74, 6) is 0. The van der Waals surface area contributed by atoms with Crippen LogP contribution in [0.4, 0.5) is 0 Å². The fraction of sp³-hybridized carbons (Fsp3) is 0.600. The molecule has 86 valence electrons. The van der Waals surface area contributed by atoms with E-state index >= 15 is 0 Å². The van der Waals surface area contributed by atoms with Gasteiger partial charge in [0, 0.05) is 37.1 Å². The van der Waals surface area contributed by atoms with E-state index in [2.05, 4.69) is 45.2 Å². The number of nitrogens with one attached hydrogen (secondary N) is 1. The van der Waals surface area contributed by atoms with Gasteiger partial charge in [-0.25, -0.2) is 0 Å². The molecule has 0 radical (unpaired) electrons. The summed E-state index contributed by atoms with van der Waals surface area (Å²) < 4.78 is 1.23. The molecule has 1 aliphatic heterocycles. The Morgan fingerprint density at radius 2 is 2.40 bits per heavy atom. The maximum atomic E-state index is 3.50. The first-order valence-corrected chi connectivity index (χ1v) is 6.55. The third kappa shape index (κ3) is 3.71. The van der Waals surface area contributed by atoms with Gasteiger partial charge in [-0.05, 0) is 35.0 Å². The lowest BCUT2D eigenvalue weighted by molar-refractivity contribution is 0.167. The first-order valence-electron chi connectivity index (χ1n) is 4.94. The van der Waals surface area contributed by atoms with Crippen molar-refractivity contribution in [1.29, 1.82) is 0 Å². The Balaban J connectivity index is 0.00000112. The average Bonchev–Trinajstić information content (AvgIpc) is 2.56. The molecule has 0 saturated carbocycles. The predicted molar refractivity (Wildman–Crippen MR) is 72.0 cm³/mol. The molecule has 0 amide bonds. The van der Waals surface area contributed by atoms with Gasteiger partial charge < -0.3 is 5.32 Å². The van der Waals surface area contributed by atoms with E-state index in [0.717, 1.165) is 26.2 Å². The highest BCUT2D eigenvalue weighted by atomic mass is 79.9. The van der Waals surface area contributed by atoms with Crippen molar-refractivity contribution in [2.24, 2.45) is 0 Å². The molecular weight excluding hydrogens is 296 g/mol. The third-order valence-corrected chi connectivity index (χ3v) is 4.24. The van der Waals surface area contributed by atoms with Crippen molar-refractivity contribution in [3.8, 4) is 0 Å². The summed E-state index contributed by atoms with van der Waals surface area (Å²) in [6.45, 7) is 6.79. The number of nitrogens with zero attached hydrogens (tertiary/aromatic N) is 1. The van der Waals surface area contributed by atoms with Gasteiger partial charge in [-0.2, -0.15) is 0 Å². The van der Waals surface area contributed by atoms with Gasteiger partial charge in [0.15, 0.2) is 0 Å². The van der Waals surface area contributed by atoms with Crippen LogP contribution in [0, 0.1) is 0 Å². The van der Waals surface area contributed by atoms with Crippen LogP contribution in [0.2, 0.25) is 0 Å². The molecule has 0 aliphatic carbocycles. The Hall–Kier alpha value is 0.390. The highest BCUT2D eigenvalue weighted by Gasteiger charge is 2.18. The minimum absolute atomic E-state index is 0. The minimum Gasteiger partial charge on any atom is -0.314 e. The van der Waals surface area contributed by atoms with Crippen LogP contribution >= 0.6 is 39.7 Å². The lowest BCUT2D eigenvalue weighted by atomic mass is 10.2. The second-order valence-electron chi connectivity index (χ2n) is 3.73. The molecule has 2 nitrogen and oxygen atoms in total. The SMILES string of the molecule is C[C@@H]1CNCCN1Cc1ccc(Br)s1.Cl. The van der Waals surface area contributed by atoms with Crippen LogP contribution in [0.15, 0.2) is 15.9 Å². The number of rotatable bonds is 2. The Bertz CT molecular complexity index is 305. The number of hydrogen-bond donors (Lipinski definition) is 1. The monoisotopic (exact) mass is 310 g/mol. The summed E-state index contributed by atoms with van der Waals surface area (Å²) in [4.78, 5) is 3.99. The fourth-order valence-corrected chi connectivity index (χ4v) is 3.26. The molecule has 0 unspecified atom stereocenters. The standard InChI is InChI=1S/C10H15BrN2S.ClH/c1-8-6-12-4-5-13(8)7-9-2-3-10(11)14-9;/h2-3,8,12H,4-7H2,1H3;1H/t8-;/m1./s1. The molecule has 1 saturated heterocycles. The van der Waals surface area contributed by atoms with Gasteiger partial charge in [-0.1, -0.05) is 0 Å². The van der Waals surface area contributed by atoms with Gasteiger partial charge in [0.05, 0.1) is 3.79 Å². The molecule has 5 heteroatoms. The lowest BCUT2D eigenvalue weighted by Crippen LogP contribution is -2.49. The zero-order valence-corrected chi connectivity index (χ0v) is 11.9. The Morgan fingerprint density at radius 3 is 3.00 bits per heavy atom. The molecule has 1 aromatic rings. The van der Waals surface area contributed by atoms with Crippen LogP contribution in [-0.4, -0.2) is 30.6 Å². The van der Waals surface area contributed by atoms with E-state index < -0.39 is 0 Å². The number of halogens is 2. The van der Waals surface area contributed by atoms with E-state index in [9.17, 15) is 0 Å². The maximum Gasteiger partial charge on any atom is 0.0701 e. The van der Waals surface area contributed by atoms with Gasteiger partial charge in [0.25, 0.3) is 0 Å². The Morgan fingerprint density at radius 1 is 1.60 bits per heavy atom. The molecule has 2 rings (SSSR count). The zero-order valence-electron chi connectivity index (χ0n) is 8.70. The molecule has 1 aliphatic rings. The topological polar surface area (TPSA) is 15.3 Å². The lowest BCUT2D eigenvalue weighted by Gasteiger charge is -2.33. The quantitative estimate of drug-likeness (QED) is 0.903.